The molecule has 0 aliphatic heterocycles. The lowest BCUT2D eigenvalue weighted by Crippen LogP contribution is -2.23. The van der Waals surface area contributed by atoms with Crippen molar-refractivity contribution in [2.75, 3.05) is 26.0 Å². The SMILES string of the molecule is CN(C)CC(=O)Cc1cc(Oc2ccc3c(c2)nc(Nc2cc(C(F)(F)F)ccc2F)n3C)ccn1. The first-order valence-corrected chi connectivity index (χ1v) is 10.9. The molecule has 4 rings (SSSR count). The zero-order chi connectivity index (χ0) is 26.0. The topological polar surface area (TPSA) is 72.3 Å². The number of alkyl halides is 3. The van der Waals surface area contributed by atoms with Gasteiger partial charge in [-0.2, -0.15) is 13.2 Å². The number of carbonyl (C=O) groups is 1. The Balaban J connectivity index is 1.55. The van der Waals surface area contributed by atoms with Gasteiger partial charge in [-0.3, -0.25) is 9.78 Å². The average Bonchev–Trinajstić information content (AvgIpc) is 3.08. The fourth-order valence-corrected chi connectivity index (χ4v) is 3.64. The molecule has 1 N–H and O–H groups in total. The summed E-state index contributed by atoms with van der Waals surface area (Å²) in [5.74, 6) is 0.283. The van der Waals surface area contributed by atoms with Gasteiger partial charge in [-0.25, -0.2) is 9.37 Å². The summed E-state index contributed by atoms with van der Waals surface area (Å²) in [6, 6.07) is 10.6. The van der Waals surface area contributed by atoms with Crippen molar-refractivity contribution < 1.29 is 27.1 Å². The third-order valence-electron chi connectivity index (χ3n) is 5.29. The Labute approximate surface area is 204 Å². The maximum absolute atomic E-state index is 14.2. The number of ketones is 1. The first kappa shape index (κ1) is 25.1. The van der Waals surface area contributed by atoms with Crippen LogP contribution in [0.5, 0.6) is 11.5 Å². The number of rotatable bonds is 8. The Kier molecular flexibility index (Phi) is 6.93. The number of hydrogen-bond donors (Lipinski definition) is 1. The van der Waals surface area contributed by atoms with E-state index in [9.17, 15) is 22.4 Å². The summed E-state index contributed by atoms with van der Waals surface area (Å²) in [6.07, 6.45) is -2.87. The molecule has 2 heterocycles. The smallest absolute Gasteiger partial charge is 0.416 e. The van der Waals surface area contributed by atoms with Gasteiger partial charge in [-0.05, 0) is 50.5 Å². The van der Waals surface area contributed by atoms with E-state index in [-0.39, 0.29) is 23.8 Å². The molecule has 0 bridgehead atoms. The van der Waals surface area contributed by atoms with Gasteiger partial charge in [0, 0.05) is 25.4 Å². The van der Waals surface area contributed by atoms with Crippen LogP contribution >= 0.6 is 0 Å². The summed E-state index contributed by atoms with van der Waals surface area (Å²) in [4.78, 5) is 22.5. The van der Waals surface area contributed by atoms with Gasteiger partial charge >= 0.3 is 6.18 Å². The fourth-order valence-electron chi connectivity index (χ4n) is 3.64. The Morgan fingerprint density at radius 1 is 1.08 bits per heavy atom. The third-order valence-corrected chi connectivity index (χ3v) is 5.29. The van der Waals surface area contributed by atoms with Crippen LogP contribution in [0.1, 0.15) is 11.3 Å². The number of nitrogens with one attached hydrogen (secondary N) is 1. The molecule has 2 aromatic carbocycles. The van der Waals surface area contributed by atoms with E-state index in [0.717, 1.165) is 6.07 Å². The number of Topliss-reactive ketones (excluding diaryl/α,β-unsaturated/α-hetero) is 1. The van der Waals surface area contributed by atoms with Crippen molar-refractivity contribution >= 4 is 28.5 Å². The highest BCUT2D eigenvalue weighted by Gasteiger charge is 2.31. The number of halogens is 4. The molecule has 0 aliphatic carbocycles. The fraction of sp³-hybridized carbons (Fsp3) is 0.240. The molecule has 36 heavy (non-hydrogen) atoms. The van der Waals surface area contributed by atoms with Gasteiger partial charge in [0.2, 0.25) is 5.95 Å². The summed E-state index contributed by atoms with van der Waals surface area (Å²) < 4.78 is 60.8. The van der Waals surface area contributed by atoms with Crippen molar-refractivity contribution in [3.63, 3.8) is 0 Å². The molecule has 4 aromatic rings. The second-order valence-electron chi connectivity index (χ2n) is 8.50. The molecule has 0 saturated carbocycles. The summed E-state index contributed by atoms with van der Waals surface area (Å²) >= 11 is 0. The lowest BCUT2D eigenvalue weighted by atomic mass is 10.2. The number of fused-ring (bicyclic) bond motifs is 1. The third kappa shape index (κ3) is 5.80. The highest BCUT2D eigenvalue weighted by atomic mass is 19.4. The van der Waals surface area contributed by atoms with Crippen LogP contribution in [0.2, 0.25) is 0 Å². The van der Waals surface area contributed by atoms with Gasteiger partial charge in [-0.1, -0.05) is 0 Å². The molecule has 7 nitrogen and oxygen atoms in total. The van der Waals surface area contributed by atoms with Gasteiger partial charge in [-0.15, -0.1) is 0 Å². The van der Waals surface area contributed by atoms with E-state index >= 15 is 0 Å². The number of nitrogens with zero attached hydrogens (tertiary/aromatic N) is 4. The molecule has 0 atom stereocenters. The zero-order valence-corrected chi connectivity index (χ0v) is 19.7. The van der Waals surface area contributed by atoms with Crippen molar-refractivity contribution in [1.82, 2.24) is 19.4 Å². The van der Waals surface area contributed by atoms with E-state index in [2.05, 4.69) is 15.3 Å². The lowest BCUT2D eigenvalue weighted by Gasteiger charge is -2.11. The largest absolute Gasteiger partial charge is 0.457 e. The number of pyridine rings is 1. The quantitative estimate of drug-likeness (QED) is 0.329. The maximum Gasteiger partial charge on any atom is 0.416 e. The first-order chi connectivity index (χ1) is 17.0. The number of anilines is 2. The molecule has 0 radical (unpaired) electrons. The van der Waals surface area contributed by atoms with E-state index < -0.39 is 17.6 Å². The van der Waals surface area contributed by atoms with Crippen LogP contribution in [0.3, 0.4) is 0 Å². The number of aryl methyl sites for hydroxylation is 1. The van der Waals surface area contributed by atoms with Crippen LogP contribution in [0.15, 0.2) is 54.7 Å². The van der Waals surface area contributed by atoms with Crippen LogP contribution in [-0.2, 0) is 24.4 Å². The van der Waals surface area contributed by atoms with Crippen LogP contribution in [0.25, 0.3) is 11.0 Å². The van der Waals surface area contributed by atoms with Crippen LogP contribution in [0.4, 0.5) is 29.2 Å². The number of carbonyl (C=O) groups excluding carboxylic acids is 1. The van der Waals surface area contributed by atoms with E-state index in [1.807, 2.05) is 14.1 Å². The number of benzene rings is 2. The van der Waals surface area contributed by atoms with Crippen molar-refractivity contribution in [1.29, 1.82) is 0 Å². The Morgan fingerprint density at radius 3 is 2.56 bits per heavy atom. The van der Waals surface area contributed by atoms with Gasteiger partial charge in [0.05, 0.1) is 40.9 Å². The zero-order valence-electron chi connectivity index (χ0n) is 19.7. The average molecular weight is 501 g/mol. The number of imidazole rings is 1. The molecule has 0 spiro atoms. The molecule has 0 saturated heterocycles. The minimum Gasteiger partial charge on any atom is -0.457 e. The molecular formula is C25H23F4N5O2. The Hall–Kier alpha value is -3.99. The number of aromatic nitrogens is 3. The van der Waals surface area contributed by atoms with Crippen LogP contribution in [0, 0.1) is 5.82 Å². The van der Waals surface area contributed by atoms with E-state index in [1.54, 1.807) is 53.0 Å². The normalized spacial score (nSPS) is 11.8. The molecular weight excluding hydrogens is 478 g/mol. The van der Waals surface area contributed by atoms with E-state index in [0.29, 0.717) is 46.9 Å². The summed E-state index contributed by atoms with van der Waals surface area (Å²) in [5.41, 5.74) is 0.406. The van der Waals surface area contributed by atoms with Gasteiger partial charge in [0.25, 0.3) is 0 Å². The van der Waals surface area contributed by atoms with Crippen molar-refractivity contribution in [2.45, 2.75) is 12.6 Å². The summed E-state index contributed by atoms with van der Waals surface area (Å²) in [5, 5.41) is 2.64. The number of ether oxygens (including phenoxy) is 1. The Morgan fingerprint density at radius 2 is 1.83 bits per heavy atom. The maximum atomic E-state index is 14.2. The summed E-state index contributed by atoms with van der Waals surface area (Å²) in [7, 11) is 5.29. The first-order valence-electron chi connectivity index (χ1n) is 10.9. The monoisotopic (exact) mass is 501 g/mol. The molecule has 0 amide bonds. The number of likely N-dealkylation sites (N-methyl/N-ethyl adjacent to an activating group) is 1. The molecule has 2 aromatic heterocycles. The van der Waals surface area contributed by atoms with Crippen LogP contribution < -0.4 is 10.1 Å². The molecule has 0 fully saturated rings. The Bertz CT molecular complexity index is 1420. The predicted molar refractivity (Wildman–Crippen MR) is 127 cm³/mol. The van der Waals surface area contributed by atoms with E-state index in [4.69, 9.17) is 4.74 Å². The van der Waals surface area contributed by atoms with Crippen LogP contribution in [-0.4, -0.2) is 45.9 Å². The highest BCUT2D eigenvalue weighted by Crippen LogP contribution is 2.33. The molecule has 11 heteroatoms. The van der Waals surface area contributed by atoms with E-state index in [1.165, 1.54) is 0 Å². The number of hydrogen-bond acceptors (Lipinski definition) is 6. The predicted octanol–water partition coefficient (Wildman–Crippen LogP) is 5.34. The molecule has 0 aliphatic rings. The van der Waals surface area contributed by atoms with Gasteiger partial charge < -0.3 is 19.5 Å². The van der Waals surface area contributed by atoms with Crippen molar-refractivity contribution in [2.24, 2.45) is 7.05 Å². The highest BCUT2D eigenvalue weighted by molar-refractivity contribution is 5.82. The minimum absolute atomic E-state index is 0.0248. The molecule has 188 valence electrons. The standard InChI is InChI=1S/C25H23F4N5O2/c1-33(2)14-17(35)11-16-12-19(8-9-30-16)36-18-5-7-23-22(13-18)32-24(34(23)3)31-21-10-15(25(27,28)29)4-6-20(21)26/h4-10,12-13H,11,14H2,1-3H3,(H,31,32). The van der Waals surface area contributed by atoms with Gasteiger partial charge in [0.15, 0.2) is 5.78 Å². The lowest BCUT2D eigenvalue weighted by molar-refractivity contribution is -0.137. The van der Waals surface area contributed by atoms with Crippen molar-refractivity contribution in [3.8, 4) is 11.5 Å². The molecule has 0 unspecified atom stereocenters. The minimum atomic E-state index is -4.60. The van der Waals surface area contributed by atoms with Gasteiger partial charge in [0.1, 0.15) is 17.3 Å². The second kappa shape index (κ2) is 9.94. The summed E-state index contributed by atoms with van der Waals surface area (Å²) in [6.45, 7) is 0.309. The second-order valence-corrected chi connectivity index (χ2v) is 8.50. The van der Waals surface area contributed by atoms with Crippen molar-refractivity contribution in [3.05, 3.63) is 71.8 Å².